The molecule has 2 aromatic carbocycles. The highest BCUT2D eigenvalue weighted by Crippen LogP contribution is 2.37. The van der Waals surface area contributed by atoms with Crippen LogP contribution in [0.25, 0.3) is 0 Å². The van der Waals surface area contributed by atoms with Gasteiger partial charge < -0.3 is 19.1 Å². The van der Waals surface area contributed by atoms with E-state index in [4.69, 9.17) is 14.2 Å². The largest absolute Gasteiger partial charge is 0.493 e. The van der Waals surface area contributed by atoms with E-state index in [1.54, 1.807) is 14.2 Å². The van der Waals surface area contributed by atoms with Gasteiger partial charge in [0, 0.05) is 6.54 Å². The van der Waals surface area contributed by atoms with Gasteiger partial charge in [-0.25, -0.2) is 0 Å². The summed E-state index contributed by atoms with van der Waals surface area (Å²) >= 11 is 0. The van der Waals surface area contributed by atoms with Crippen molar-refractivity contribution in [1.82, 2.24) is 4.90 Å². The third kappa shape index (κ3) is 4.18. The van der Waals surface area contributed by atoms with Gasteiger partial charge in [-0.2, -0.15) is 0 Å². The number of likely N-dealkylation sites (tertiary alicyclic amines) is 1. The standard InChI is InChI=1S/C22H27NO4/c1-4-16-8-5-6-10-19(16)27-15-22(24)23-13-7-9-18(23)17-11-12-20(25-2)21(14-17)26-3/h5-6,8,10-12,14,18H,4,7,9,13,15H2,1-3H3. The third-order valence-electron chi connectivity index (χ3n) is 5.07. The molecule has 0 aromatic heterocycles. The number of aryl methyl sites for hydroxylation is 1. The summed E-state index contributed by atoms with van der Waals surface area (Å²) in [6.07, 6.45) is 2.80. The molecule has 0 N–H and O–H groups in total. The fourth-order valence-electron chi connectivity index (χ4n) is 3.63. The average molecular weight is 369 g/mol. The van der Waals surface area contributed by atoms with Crippen molar-refractivity contribution in [2.24, 2.45) is 0 Å². The molecule has 0 spiro atoms. The first-order chi connectivity index (χ1) is 13.2. The summed E-state index contributed by atoms with van der Waals surface area (Å²) < 4.78 is 16.6. The maximum absolute atomic E-state index is 12.8. The number of rotatable bonds is 7. The average Bonchev–Trinajstić information content (AvgIpc) is 3.21. The van der Waals surface area contributed by atoms with Crippen LogP contribution >= 0.6 is 0 Å². The summed E-state index contributed by atoms with van der Waals surface area (Å²) in [5.41, 5.74) is 2.18. The molecular weight excluding hydrogens is 342 g/mol. The lowest BCUT2D eigenvalue weighted by Gasteiger charge is -2.26. The Hall–Kier alpha value is -2.69. The van der Waals surface area contributed by atoms with E-state index < -0.39 is 0 Å². The number of benzene rings is 2. The molecule has 1 saturated heterocycles. The molecule has 3 rings (SSSR count). The van der Waals surface area contributed by atoms with Crippen LogP contribution < -0.4 is 14.2 Å². The SMILES string of the molecule is CCc1ccccc1OCC(=O)N1CCCC1c1ccc(OC)c(OC)c1. The van der Waals surface area contributed by atoms with Gasteiger partial charge in [-0.05, 0) is 48.6 Å². The van der Waals surface area contributed by atoms with Crippen LogP contribution in [0.1, 0.15) is 36.9 Å². The molecule has 0 saturated carbocycles. The molecule has 27 heavy (non-hydrogen) atoms. The van der Waals surface area contributed by atoms with Crippen molar-refractivity contribution in [2.45, 2.75) is 32.2 Å². The number of hydrogen-bond acceptors (Lipinski definition) is 4. The van der Waals surface area contributed by atoms with Gasteiger partial charge >= 0.3 is 0 Å². The highest BCUT2D eigenvalue weighted by molar-refractivity contribution is 5.78. The first-order valence-corrected chi connectivity index (χ1v) is 9.40. The van der Waals surface area contributed by atoms with Crippen molar-refractivity contribution in [1.29, 1.82) is 0 Å². The Balaban J connectivity index is 1.71. The first kappa shape index (κ1) is 19.1. The molecule has 1 atom stereocenters. The van der Waals surface area contributed by atoms with Crippen molar-refractivity contribution in [3.8, 4) is 17.2 Å². The zero-order chi connectivity index (χ0) is 19.2. The lowest BCUT2D eigenvalue weighted by atomic mass is 10.0. The Morgan fingerprint density at radius 3 is 2.59 bits per heavy atom. The molecule has 1 amide bonds. The van der Waals surface area contributed by atoms with Gasteiger partial charge in [0.15, 0.2) is 18.1 Å². The van der Waals surface area contributed by atoms with Gasteiger partial charge in [-0.1, -0.05) is 31.2 Å². The predicted molar refractivity (Wildman–Crippen MR) is 105 cm³/mol. The number of hydrogen-bond donors (Lipinski definition) is 0. The molecule has 1 unspecified atom stereocenters. The Morgan fingerprint density at radius 2 is 1.85 bits per heavy atom. The number of nitrogens with zero attached hydrogens (tertiary/aromatic N) is 1. The van der Waals surface area contributed by atoms with E-state index in [1.165, 1.54) is 0 Å². The quantitative estimate of drug-likeness (QED) is 0.740. The summed E-state index contributed by atoms with van der Waals surface area (Å²) in [5, 5.41) is 0. The maximum Gasteiger partial charge on any atom is 0.261 e. The summed E-state index contributed by atoms with van der Waals surface area (Å²) in [6, 6.07) is 13.8. The van der Waals surface area contributed by atoms with Gasteiger partial charge in [0.25, 0.3) is 5.91 Å². The van der Waals surface area contributed by atoms with E-state index in [1.807, 2.05) is 47.4 Å². The topological polar surface area (TPSA) is 48.0 Å². The van der Waals surface area contributed by atoms with Crippen molar-refractivity contribution in [3.63, 3.8) is 0 Å². The van der Waals surface area contributed by atoms with Crippen molar-refractivity contribution < 1.29 is 19.0 Å². The zero-order valence-electron chi connectivity index (χ0n) is 16.2. The number of carbonyl (C=O) groups excluding carboxylic acids is 1. The summed E-state index contributed by atoms with van der Waals surface area (Å²) in [5.74, 6) is 2.17. The molecule has 1 aliphatic rings. The normalized spacial score (nSPS) is 16.3. The van der Waals surface area contributed by atoms with E-state index in [2.05, 4.69) is 6.92 Å². The number of ether oxygens (including phenoxy) is 3. The van der Waals surface area contributed by atoms with E-state index >= 15 is 0 Å². The number of methoxy groups -OCH3 is 2. The molecule has 2 aromatic rings. The van der Waals surface area contributed by atoms with E-state index in [-0.39, 0.29) is 18.6 Å². The number of para-hydroxylation sites is 1. The summed E-state index contributed by atoms with van der Waals surface area (Å²) in [7, 11) is 3.24. The molecule has 1 fully saturated rings. The zero-order valence-corrected chi connectivity index (χ0v) is 16.2. The molecular formula is C22H27NO4. The van der Waals surface area contributed by atoms with Crippen LogP contribution in [-0.4, -0.2) is 38.2 Å². The van der Waals surface area contributed by atoms with Crippen molar-refractivity contribution >= 4 is 5.91 Å². The summed E-state index contributed by atoms with van der Waals surface area (Å²) in [6.45, 7) is 2.88. The number of carbonyl (C=O) groups is 1. The van der Waals surface area contributed by atoms with Gasteiger partial charge in [0.05, 0.1) is 20.3 Å². The second-order valence-corrected chi connectivity index (χ2v) is 6.61. The Morgan fingerprint density at radius 1 is 1.07 bits per heavy atom. The highest BCUT2D eigenvalue weighted by Gasteiger charge is 2.30. The van der Waals surface area contributed by atoms with Gasteiger partial charge in [0.1, 0.15) is 5.75 Å². The fraction of sp³-hybridized carbons (Fsp3) is 0.409. The molecule has 144 valence electrons. The second kappa shape index (κ2) is 8.80. The molecule has 1 aliphatic heterocycles. The van der Waals surface area contributed by atoms with E-state index in [0.717, 1.165) is 42.7 Å². The van der Waals surface area contributed by atoms with Gasteiger partial charge in [-0.15, -0.1) is 0 Å². The first-order valence-electron chi connectivity index (χ1n) is 9.40. The maximum atomic E-state index is 12.8. The fourth-order valence-corrected chi connectivity index (χ4v) is 3.63. The minimum absolute atomic E-state index is 0.0122. The second-order valence-electron chi connectivity index (χ2n) is 6.61. The summed E-state index contributed by atoms with van der Waals surface area (Å²) in [4.78, 5) is 14.7. The number of amides is 1. The van der Waals surface area contributed by atoms with Crippen LogP contribution in [0.2, 0.25) is 0 Å². The highest BCUT2D eigenvalue weighted by atomic mass is 16.5. The van der Waals surface area contributed by atoms with Gasteiger partial charge in [-0.3, -0.25) is 4.79 Å². The predicted octanol–water partition coefficient (Wildman–Crippen LogP) is 4.01. The van der Waals surface area contributed by atoms with E-state index in [9.17, 15) is 4.79 Å². The molecule has 0 bridgehead atoms. The molecule has 5 heteroatoms. The van der Waals surface area contributed by atoms with E-state index in [0.29, 0.717) is 11.5 Å². The Kier molecular flexibility index (Phi) is 6.22. The van der Waals surface area contributed by atoms with Crippen LogP contribution in [0.15, 0.2) is 42.5 Å². The molecule has 5 nitrogen and oxygen atoms in total. The smallest absolute Gasteiger partial charge is 0.261 e. The van der Waals surface area contributed by atoms with Crippen LogP contribution in [0, 0.1) is 0 Å². The van der Waals surface area contributed by atoms with Crippen LogP contribution in [0.3, 0.4) is 0 Å². The van der Waals surface area contributed by atoms with Crippen molar-refractivity contribution in [3.05, 3.63) is 53.6 Å². The Bertz CT molecular complexity index is 790. The lowest BCUT2D eigenvalue weighted by molar-refractivity contribution is -0.134. The minimum atomic E-state index is 0.0122. The monoisotopic (exact) mass is 369 g/mol. The van der Waals surface area contributed by atoms with Crippen molar-refractivity contribution in [2.75, 3.05) is 27.4 Å². The molecule has 0 aliphatic carbocycles. The third-order valence-corrected chi connectivity index (χ3v) is 5.07. The van der Waals surface area contributed by atoms with Crippen LogP contribution in [0.4, 0.5) is 0 Å². The molecule has 0 radical (unpaired) electrons. The minimum Gasteiger partial charge on any atom is -0.493 e. The molecule has 1 heterocycles. The lowest BCUT2D eigenvalue weighted by Crippen LogP contribution is -2.34. The van der Waals surface area contributed by atoms with Crippen LogP contribution in [-0.2, 0) is 11.2 Å². The van der Waals surface area contributed by atoms with Gasteiger partial charge in [0.2, 0.25) is 0 Å². The Labute approximate surface area is 160 Å². The van der Waals surface area contributed by atoms with Crippen LogP contribution in [0.5, 0.6) is 17.2 Å².